The number of hydrogen-bond donors (Lipinski definition) is 0. The maximum atomic E-state index is 12.2. The Bertz CT molecular complexity index is 491. The minimum atomic E-state index is -4.27. The van der Waals surface area contributed by atoms with E-state index in [1.54, 1.807) is 0 Å². The largest absolute Gasteiger partial charge is 0.406 e. The summed E-state index contributed by atoms with van der Waals surface area (Å²) >= 11 is 5.70. The van der Waals surface area contributed by atoms with E-state index >= 15 is 0 Å². The molecule has 0 aliphatic carbocycles. The quantitative estimate of drug-likeness (QED) is 0.712. The van der Waals surface area contributed by atoms with E-state index < -0.39 is 12.7 Å². The van der Waals surface area contributed by atoms with Gasteiger partial charge in [0.2, 0.25) is 0 Å². The van der Waals surface area contributed by atoms with Crippen LogP contribution in [-0.2, 0) is 6.54 Å². The van der Waals surface area contributed by atoms with Crippen LogP contribution in [0.15, 0.2) is 18.6 Å². The molecule has 0 N–H and O–H groups in total. The zero-order valence-electron chi connectivity index (χ0n) is 7.29. The number of rotatable bonds is 1. The molecule has 0 radical (unpaired) electrons. The van der Waals surface area contributed by atoms with E-state index in [2.05, 4.69) is 9.97 Å². The fourth-order valence-corrected chi connectivity index (χ4v) is 1.48. The first-order chi connectivity index (χ1) is 6.97. The Balaban J connectivity index is 2.50. The number of alkyl halides is 3. The topological polar surface area (TPSA) is 30.7 Å². The Morgan fingerprint density at radius 2 is 2.07 bits per heavy atom. The zero-order chi connectivity index (χ0) is 11.1. The first-order valence-corrected chi connectivity index (χ1v) is 4.37. The smallest absolute Gasteiger partial charge is 0.323 e. The average Bonchev–Trinajstić information content (AvgIpc) is 2.48. The second-order valence-corrected chi connectivity index (χ2v) is 3.32. The molecule has 0 unspecified atom stereocenters. The summed E-state index contributed by atoms with van der Waals surface area (Å²) in [5, 5.41) is 0.573. The van der Waals surface area contributed by atoms with Crippen LogP contribution in [0.4, 0.5) is 13.2 Å². The van der Waals surface area contributed by atoms with E-state index in [1.807, 2.05) is 0 Å². The Morgan fingerprint density at radius 3 is 2.73 bits per heavy atom. The third kappa shape index (κ3) is 2.04. The summed E-state index contributed by atoms with van der Waals surface area (Å²) in [7, 11) is 0. The molecular weight excluding hydrogens is 231 g/mol. The molecule has 0 atom stereocenters. The lowest BCUT2D eigenvalue weighted by molar-refractivity contribution is -0.139. The van der Waals surface area contributed by atoms with Gasteiger partial charge in [-0.25, -0.2) is 9.97 Å². The van der Waals surface area contributed by atoms with Gasteiger partial charge in [0.15, 0.2) is 0 Å². The zero-order valence-corrected chi connectivity index (χ0v) is 8.05. The van der Waals surface area contributed by atoms with Gasteiger partial charge >= 0.3 is 6.18 Å². The summed E-state index contributed by atoms with van der Waals surface area (Å²) in [6.07, 6.45) is -1.85. The molecule has 0 aromatic carbocycles. The number of hydrogen-bond acceptors (Lipinski definition) is 2. The van der Waals surface area contributed by atoms with E-state index in [1.165, 1.54) is 12.3 Å². The molecule has 2 aromatic heterocycles. The van der Waals surface area contributed by atoms with Gasteiger partial charge in [0.25, 0.3) is 0 Å². The standard InChI is InChI=1S/C8H5ClF3N3/c9-6-5-1-2-15(3-8(10,11)12)7(5)14-4-13-6/h1-2,4H,3H2. The summed E-state index contributed by atoms with van der Waals surface area (Å²) in [5.41, 5.74) is 0.187. The van der Waals surface area contributed by atoms with Gasteiger partial charge in [-0.1, -0.05) is 11.6 Å². The summed E-state index contributed by atoms with van der Waals surface area (Å²) < 4.78 is 37.4. The monoisotopic (exact) mass is 235 g/mol. The maximum Gasteiger partial charge on any atom is 0.406 e. The lowest BCUT2D eigenvalue weighted by atomic mass is 10.4. The number of nitrogens with zero attached hydrogens (tertiary/aromatic N) is 3. The number of halogens is 4. The second kappa shape index (κ2) is 3.37. The Hall–Kier alpha value is -1.30. The first kappa shape index (κ1) is 10.2. The minimum absolute atomic E-state index is 0.154. The predicted molar refractivity (Wildman–Crippen MR) is 48.6 cm³/mol. The lowest BCUT2D eigenvalue weighted by Crippen LogP contribution is -2.17. The van der Waals surface area contributed by atoms with Crippen molar-refractivity contribution in [2.75, 3.05) is 0 Å². The van der Waals surface area contributed by atoms with Crippen molar-refractivity contribution in [3.05, 3.63) is 23.7 Å². The van der Waals surface area contributed by atoms with E-state index in [0.29, 0.717) is 5.39 Å². The van der Waals surface area contributed by atoms with Crippen LogP contribution < -0.4 is 0 Å². The van der Waals surface area contributed by atoms with Crippen LogP contribution >= 0.6 is 11.6 Å². The Morgan fingerprint density at radius 1 is 1.33 bits per heavy atom. The van der Waals surface area contributed by atoms with Gasteiger partial charge in [-0.15, -0.1) is 0 Å². The highest BCUT2D eigenvalue weighted by atomic mass is 35.5. The van der Waals surface area contributed by atoms with Crippen molar-refractivity contribution in [1.82, 2.24) is 14.5 Å². The predicted octanol–water partition coefficient (Wildman–Crippen LogP) is 2.65. The maximum absolute atomic E-state index is 12.2. The van der Waals surface area contributed by atoms with Crippen LogP contribution in [-0.4, -0.2) is 20.7 Å². The molecule has 80 valence electrons. The van der Waals surface area contributed by atoms with Gasteiger partial charge in [0.05, 0.1) is 5.39 Å². The van der Waals surface area contributed by atoms with Crippen molar-refractivity contribution in [2.24, 2.45) is 0 Å². The highest BCUT2D eigenvalue weighted by Gasteiger charge is 2.28. The molecule has 7 heteroatoms. The molecule has 0 aliphatic heterocycles. The van der Waals surface area contributed by atoms with E-state index in [-0.39, 0.29) is 10.8 Å². The van der Waals surface area contributed by atoms with Crippen LogP contribution in [0.25, 0.3) is 11.0 Å². The fourth-order valence-electron chi connectivity index (χ4n) is 1.29. The van der Waals surface area contributed by atoms with Crippen LogP contribution in [0.5, 0.6) is 0 Å². The highest BCUT2D eigenvalue weighted by Crippen LogP contribution is 2.24. The Kier molecular flexibility index (Phi) is 2.30. The minimum Gasteiger partial charge on any atom is -0.323 e. The van der Waals surface area contributed by atoms with E-state index in [0.717, 1.165) is 10.9 Å². The molecule has 2 heterocycles. The van der Waals surface area contributed by atoms with Crippen LogP contribution in [0.3, 0.4) is 0 Å². The third-order valence-electron chi connectivity index (χ3n) is 1.86. The molecule has 15 heavy (non-hydrogen) atoms. The van der Waals surface area contributed by atoms with E-state index in [9.17, 15) is 13.2 Å². The average molecular weight is 236 g/mol. The van der Waals surface area contributed by atoms with Crippen molar-refractivity contribution in [3.8, 4) is 0 Å². The highest BCUT2D eigenvalue weighted by molar-refractivity contribution is 6.33. The molecule has 2 aromatic rings. The van der Waals surface area contributed by atoms with Gasteiger partial charge < -0.3 is 4.57 Å². The molecule has 0 aliphatic rings. The van der Waals surface area contributed by atoms with Gasteiger partial charge in [-0.05, 0) is 6.07 Å². The van der Waals surface area contributed by atoms with Crippen molar-refractivity contribution in [2.45, 2.75) is 12.7 Å². The summed E-state index contributed by atoms with van der Waals surface area (Å²) in [5.74, 6) is 0. The number of fused-ring (bicyclic) bond motifs is 1. The first-order valence-electron chi connectivity index (χ1n) is 3.99. The van der Waals surface area contributed by atoms with Crippen molar-refractivity contribution < 1.29 is 13.2 Å². The van der Waals surface area contributed by atoms with Gasteiger partial charge in [-0.3, -0.25) is 0 Å². The lowest BCUT2D eigenvalue weighted by Gasteiger charge is -2.07. The normalized spacial score (nSPS) is 12.3. The van der Waals surface area contributed by atoms with Crippen molar-refractivity contribution in [3.63, 3.8) is 0 Å². The molecule has 0 amide bonds. The molecule has 0 bridgehead atoms. The number of aromatic nitrogens is 3. The van der Waals surface area contributed by atoms with Gasteiger partial charge in [0, 0.05) is 6.20 Å². The Labute approximate surface area is 87.5 Å². The van der Waals surface area contributed by atoms with E-state index in [4.69, 9.17) is 11.6 Å². The summed E-state index contributed by atoms with van der Waals surface area (Å²) in [6, 6.07) is 1.46. The fraction of sp³-hybridized carbons (Fsp3) is 0.250. The van der Waals surface area contributed by atoms with Crippen LogP contribution in [0.2, 0.25) is 5.15 Å². The SMILES string of the molecule is FC(F)(F)Cn1ccc2c(Cl)ncnc21. The molecular formula is C8H5ClF3N3. The molecule has 2 rings (SSSR count). The molecule has 0 spiro atoms. The van der Waals surface area contributed by atoms with Crippen molar-refractivity contribution >= 4 is 22.6 Å². The van der Waals surface area contributed by atoms with Crippen LogP contribution in [0.1, 0.15) is 0 Å². The second-order valence-electron chi connectivity index (χ2n) is 2.96. The van der Waals surface area contributed by atoms with Crippen LogP contribution in [0, 0.1) is 0 Å². The molecule has 0 saturated carbocycles. The molecule has 0 fully saturated rings. The summed E-state index contributed by atoms with van der Waals surface area (Å²) in [4.78, 5) is 7.43. The van der Waals surface area contributed by atoms with Gasteiger partial charge in [-0.2, -0.15) is 13.2 Å². The molecule has 0 saturated heterocycles. The van der Waals surface area contributed by atoms with Crippen molar-refractivity contribution in [1.29, 1.82) is 0 Å². The third-order valence-corrected chi connectivity index (χ3v) is 2.16. The summed E-state index contributed by atoms with van der Waals surface area (Å²) in [6.45, 7) is -1.08. The molecule has 3 nitrogen and oxygen atoms in total. The van der Waals surface area contributed by atoms with Gasteiger partial charge in [0.1, 0.15) is 23.7 Å².